The molecule has 0 bridgehead atoms. The molecule has 4 nitrogen and oxygen atoms in total. The van der Waals surface area contributed by atoms with Gasteiger partial charge in [0.2, 0.25) is 5.91 Å². The van der Waals surface area contributed by atoms with Crippen molar-refractivity contribution < 1.29 is 4.79 Å². The Morgan fingerprint density at radius 3 is 2.91 bits per heavy atom. The van der Waals surface area contributed by atoms with Crippen molar-refractivity contribution in [3.05, 3.63) is 65.5 Å². The number of carbonyl (C=O) groups excluding carboxylic acids is 1. The van der Waals surface area contributed by atoms with Gasteiger partial charge in [-0.25, -0.2) is 0 Å². The van der Waals surface area contributed by atoms with E-state index >= 15 is 0 Å². The SMILES string of the molecule is Cc1cccc(CC(=O)N2CCN=C2SCc2cccnc2)c1. The van der Waals surface area contributed by atoms with Gasteiger partial charge in [-0.1, -0.05) is 47.7 Å². The molecule has 0 unspecified atom stereocenters. The van der Waals surface area contributed by atoms with Gasteiger partial charge < -0.3 is 0 Å². The highest BCUT2D eigenvalue weighted by Gasteiger charge is 2.24. The average molecular weight is 325 g/mol. The lowest BCUT2D eigenvalue weighted by Gasteiger charge is -2.18. The van der Waals surface area contributed by atoms with Gasteiger partial charge in [0, 0.05) is 24.7 Å². The molecule has 0 saturated carbocycles. The Kier molecular flexibility index (Phi) is 5.08. The number of pyridine rings is 1. The molecule has 0 radical (unpaired) electrons. The Morgan fingerprint density at radius 1 is 1.26 bits per heavy atom. The molecule has 118 valence electrons. The van der Waals surface area contributed by atoms with E-state index in [1.807, 2.05) is 48.4 Å². The van der Waals surface area contributed by atoms with E-state index in [-0.39, 0.29) is 5.91 Å². The van der Waals surface area contributed by atoms with Crippen molar-refractivity contribution in [3.8, 4) is 0 Å². The quantitative estimate of drug-likeness (QED) is 0.868. The highest BCUT2D eigenvalue weighted by molar-refractivity contribution is 8.13. The van der Waals surface area contributed by atoms with Crippen molar-refractivity contribution in [1.29, 1.82) is 0 Å². The summed E-state index contributed by atoms with van der Waals surface area (Å²) in [6.07, 6.45) is 4.04. The van der Waals surface area contributed by atoms with Crippen LogP contribution in [0.4, 0.5) is 0 Å². The van der Waals surface area contributed by atoms with E-state index in [1.54, 1.807) is 18.0 Å². The van der Waals surface area contributed by atoms with E-state index in [4.69, 9.17) is 0 Å². The maximum absolute atomic E-state index is 12.6. The minimum atomic E-state index is 0.116. The van der Waals surface area contributed by atoms with Gasteiger partial charge in [-0.2, -0.15) is 0 Å². The first kappa shape index (κ1) is 15.7. The van der Waals surface area contributed by atoms with Crippen LogP contribution in [-0.2, 0) is 17.0 Å². The summed E-state index contributed by atoms with van der Waals surface area (Å²) in [6, 6.07) is 12.1. The molecule has 2 heterocycles. The van der Waals surface area contributed by atoms with Crippen LogP contribution < -0.4 is 0 Å². The lowest BCUT2D eigenvalue weighted by atomic mass is 10.1. The monoisotopic (exact) mass is 325 g/mol. The lowest BCUT2D eigenvalue weighted by molar-refractivity contribution is -0.126. The first-order valence-electron chi connectivity index (χ1n) is 7.64. The fourth-order valence-corrected chi connectivity index (χ4v) is 3.50. The highest BCUT2D eigenvalue weighted by Crippen LogP contribution is 2.20. The number of aromatic nitrogens is 1. The van der Waals surface area contributed by atoms with Crippen LogP contribution in [0, 0.1) is 6.92 Å². The molecule has 0 fully saturated rings. The van der Waals surface area contributed by atoms with Gasteiger partial charge in [-0.15, -0.1) is 0 Å². The molecule has 3 rings (SSSR count). The van der Waals surface area contributed by atoms with Crippen LogP contribution in [0.1, 0.15) is 16.7 Å². The fourth-order valence-electron chi connectivity index (χ4n) is 2.51. The summed E-state index contributed by atoms with van der Waals surface area (Å²) in [5, 5.41) is 0.825. The standard InChI is InChI=1S/C18H19N3OS/c1-14-4-2-5-15(10-14)11-17(22)21-9-8-20-18(21)23-13-16-6-3-7-19-12-16/h2-7,10,12H,8-9,11,13H2,1H3. The van der Waals surface area contributed by atoms with Crippen molar-refractivity contribution >= 4 is 22.8 Å². The Balaban J connectivity index is 1.60. The third-order valence-corrected chi connectivity index (χ3v) is 4.72. The zero-order chi connectivity index (χ0) is 16.1. The van der Waals surface area contributed by atoms with Crippen molar-refractivity contribution in [3.63, 3.8) is 0 Å². The maximum Gasteiger partial charge on any atom is 0.233 e. The molecule has 0 N–H and O–H groups in total. The summed E-state index contributed by atoms with van der Waals surface area (Å²) in [7, 11) is 0. The summed E-state index contributed by atoms with van der Waals surface area (Å²) in [4.78, 5) is 23.0. The van der Waals surface area contributed by atoms with Crippen LogP contribution >= 0.6 is 11.8 Å². The van der Waals surface area contributed by atoms with Gasteiger partial charge in [0.15, 0.2) is 5.17 Å². The summed E-state index contributed by atoms with van der Waals surface area (Å²) in [6.45, 7) is 3.41. The van der Waals surface area contributed by atoms with Crippen molar-refractivity contribution in [2.24, 2.45) is 4.99 Å². The molecular weight excluding hydrogens is 306 g/mol. The average Bonchev–Trinajstić information content (AvgIpc) is 3.02. The molecule has 0 atom stereocenters. The number of amides is 1. The minimum Gasteiger partial charge on any atom is -0.289 e. The topological polar surface area (TPSA) is 45.6 Å². The Bertz CT molecular complexity index is 715. The van der Waals surface area contributed by atoms with Gasteiger partial charge in [0.25, 0.3) is 0 Å². The molecular formula is C18H19N3OS. The molecule has 0 saturated heterocycles. The van der Waals surface area contributed by atoms with Crippen LogP contribution in [0.3, 0.4) is 0 Å². The van der Waals surface area contributed by atoms with Crippen LogP contribution in [0.15, 0.2) is 53.8 Å². The number of carbonyl (C=O) groups is 1. The van der Waals surface area contributed by atoms with E-state index in [0.29, 0.717) is 19.5 Å². The Morgan fingerprint density at radius 2 is 2.13 bits per heavy atom. The maximum atomic E-state index is 12.6. The molecule has 1 aliphatic heterocycles. The molecule has 1 aromatic heterocycles. The molecule has 0 spiro atoms. The first-order valence-corrected chi connectivity index (χ1v) is 8.63. The second kappa shape index (κ2) is 7.42. The van der Waals surface area contributed by atoms with Crippen LogP contribution in [-0.4, -0.2) is 34.0 Å². The summed E-state index contributed by atoms with van der Waals surface area (Å²) >= 11 is 1.60. The fraction of sp³-hybridized carbons (Fsp3) is 0.278. The highest BCUT2D eigenvalue weighted by atomic mass is 32.2. The summed E-state index contributed by atoms with van der Waals surface area (Å²) < 4.78 is 0. The number of rotatable bonds is 4. The van der Waals surface area contributed by atoms with Crippen molar-refractivity contribution in [1.82, 2.24) is 9.88 Å². The van der Waals surface area contributed by atoms with E-state index in [2.05, 4.69) is 16.0 Å². The Labute approximate surface area is 140 Å². The summed E-state index contributed by atoms with van der Waals surface area (Å²) in [5.41, 5.74) is 3.37. The number of aryl methyl sites for hydroxylation is 1. The molecule has 1 aliphatic rings. The number of hydrogen-bond acceptors (Lipinski definition) is 4. The predicted molar refractivity (Wildman–Crippen MR) is 94.4 cm³/mol. The number of amidine groups is 1. The van der Waals surface area contributed by atoms with Gasteiger partial charge in [-0.3, -0.25) is 19.7 Å². The van der Waals surface area contributed by atoms with E-state index in [9.17, 15) is 4.79 Å². The number of thioether (sulfide) groups is 1. The number of nitrogens with zero attached hydrogens (tertiary/aromatic N) is 3. The van der Waals surface area contributed by atoms with Crippen LogP contribution in [0.5, 0.6) is 0 Å². The van der Waals surface area contributed by atoms with Crippen molar-refractivity contribution in [2.75, 3.05) is 13.1 Å². The second-order valence-corrected chi connectivity index (χ2v) is 6.47. The van der Waals surface area contributed by atoms with Gasteiger partial charge in [0.05, 0.1) is 13.0 Å². The largest absolute Gasteiger partial charge is 0.289 e. The predicted octanol–water partition coefficient (Wildman–Crippen LogP) is 3.06. The molecule has 5 heteroatoms. The third kappa shape index (κ3) is 4.20. The van der Waals surface area contributed by atoms with Crippen LogP contribution in [0.2, 0.25) is 0 Å². The molecule has 0 aliphatic carbocycles. The first-order chi connectivity index (χ1) is 11.2. The van der Waals surface area contributed by atoms with Gasteiger partial charge in [-0.05, 0) is 24.1 Å². The van der Waals surface area contributed by atoms with Crippen molar-refractivity contribution in [2.45, 2.75) is 19.1 Å². The zero-order valence-electron chi connectivity index (χ0n) is 13.1. The van der Waals surface area contributed by atoms with E-state index in [1.165, 1.54) is 5.56 Å². The summed E-state index contributed by atoms with van der Waals surface area (Å²) in [5.74, 6) is 0.895. The zero-order valence-corrected chi connectivity index (χ0v) is 13.9. The second-order valence-electron chi connectivity index (χ2n) is 5.53. The van der Waals surface area contributed by atoms with Gasteiger partial charge >= 0.3 is 0 Å². The van der Waals surface area contributed by atoms with E-state index in [0.717, 1.165) is 22.0 Å². The van der Waals surface area contributed by atoms with E-state index < -0.39 is 0 Å². The third-order valence-electron chi connectivity index (χ3n) is 3.63. The number of hydrogen-bond donors (Lipinski definition) is 0. The molecule has 23 heavy (non-hydrogen) atoms. The van der Waals surface area contributed by atoms with Gasteiger partial charge in [0.1, 0.15) is 0 Å². The smallest absolute Gasteiger partial charge is 0.233 e. The molecule has 1 aromatic carbocycles. The number of benzene rings is 1. The van der Waals surface area contributed by atoms with Crippen LogP contribution in [0.25, 0.3) is 0 Å². The lowest BCUT2D eigenvalue weighted by Crippen LogP contribution is -2.34. The molecule has 2 aromatic rings. The molecule has 1 amide bonds. The Hall–Kier alpha value is -2.14. The normalized spacial score (nSPS) is 14.0. The minimum absolute atomic E-state index is 0.116. The number of aliphatic imine (C=N–C) groups is 1.